The summed E-state index contributed by atoms with van der Waals surface area (Å²) in [7, 11) is 0. The number of aromatic nitrogens is 3. The van der Waals surface area contributed by atoms with Crippen LogP contribution in [0.4, 0.5) is 11.9 Å². The predicted molar refractivity (Wildman–Crippen MR) is 84.8 cm³/mol. The predicted octanol–water partition coefficient (Wildman–Crippen LogP) is 3.08. The average Bonchev–Trinajstić information content (AvgIpc) is 2.42. The summed E-state index contributed by atoms with van der Waals surface area (Å²) in [6.45, 7) is 9.86. The van der Waals surface area contributed by atoms with E-state index in [1.165, 1.54) is 19.3 Å². The van der Waals surface area contributed by atoms with Crippen LogP contribution in [0, 0.1) is 5.41 Å². The van der Waals surface area contributed by atoms with E-state index in [4.69, 9.17) is 4.74 Å². The van der Waals surface area contributed by atoms with E-state index in [0.717, 1.165) is 13.0 Å². The quantitative estimate of drug-likeness (QED) is 0.840. The maximum absolute atomic E-state index is 5.43. The third-order valence-electron chi connectivity index (χ3n) is 4.03. The van der Waals surface area contributed by atoms with Crippen LogP contribution in [0.5, 0.6) is 6.01 Å². The van der Waals surface area contributed by atoms with Gasteiger partial charge in [0.15, 0.2) is 0 Å². The van der Waals surface area contributed by atoms with Crippen LogP contribution >= 0.6 is 0 Å². The number of hydrogen-bond donors (Lipinski definition) is 2. The summed E-state index contributed by atoms with van der Waals surface area (Å²) in [6.07, 6.45) is 4.94. The van der Waals surface area contributed by atoms with Crippen molar-refractivity contribution in [3.05, 3.63) is 0 Å². The fraction of sp³-hybridized carbons (Fsp3) is 0.800. The van der Waals surface area contributed by atoms with E-state index in [-0.39, 0.29) is 5.41 Å². The van der Waals surface area contributed by atoms with Crippen LogP contribution in [-0.4, -0.2) is 34.1 Å². The number of nitrogens with one attached hydrogen (secondary N) is 2. The van der Waals surface area contributed by atoms with Gasteiger partial charge in [-0.05, 0) is 32.1 Å². The Hall–Kier alpha value is -1.59. The lowest BCUT2D eigenvalue weighted by atomic mass is 9.73. The molecule has 2 rings (SSSR count). The Morgan fingerprint density at radius 3 is 2.57 bits per heavy atom. The van der Waals surface area contributed by atoms with Crippen LogP contribution < -0.4 is 15.4 Å². The van der Waals surface area contributed by atoms with E-state index in [2.05, 4.69) is 39.4 Å². The van der Waals surface area contributed by atoms with E-state index in [0.29, 0.717) is 30.6 Å². The lowest BCUT2D eigenvalue weighted by Crippen LogP contribution is -2.39. The van der Waals surface area contributed by atoms with Gasteiger partial charge in [-0.3, -0.25) is 0 Å². The second kappa shape index (κ2) is 6.91. The van der Waals surface area contributed by atoms with Gasteiger partial charge in [0.2, 0.25) is 11.9 Å². The van der Waals surface area contributed by atoms with Crippen LogP contribution in [0.25, 0.3) is 0 Å². The maximum Gasteiger partial charge on any atom is 0.323 e. The number of rotatable bonds is 6. The highest BCUT2D eigenvalue weighted by molar-refractivity contribution is 5.37. The Kier molecular flexibility index (Phi) is 5.20. The lowest BCUT2D eigenvalue weighted by molar-refractivity contribution is 0.216. The molecule has 2 N–H and O–H groups in total. The molecule has 1 aliphatic carbocycles. The van der Waals surface area contributed by atoms with Crippen molar-refractivity contribution in [3.63, 3.8) is 0 Å². The zero-order valence-corrected chi connectivity index (χ0v) is 13.6. The van der Waals surface area contributed by atoms with Crippen molar-refractivity contribution in [3.8, 4) is 6.01 Å². The monoisotopic (exact) mass is 293 g/mol. The van der Waals surface area contributed by atoms with Gasteiger partial charge in [-0.2, -0.15) is 15.0 Å². The van der Waals surface area contributed by atoms with E-state index in [1.54, 1.807) is 0 Å². The summed E-state index contributed by atoms with van der Waals surface area (Å²) in [5.41, 5.74) is 0.259. The normalized spacial score (nSPS) is 20.9. The molecule has 1 fully saturated rings. The van der Waals surface area contributed by atoms with Crippen LogP contribution in [0.3, 0.4) is 0 Å². The summed E-state index contributed by atoms with van der Waals surface area (Å²) in [5, 5.41) is 6.61. The molecule has 1 aliphatic rings. The zero-order chi connectivity index (χ0) is 15.3. The Labute approximate surface area is 127 Å². The molecule has 0 aromatic carbocycles. The van der Waals surface area contributed by atoms with Gasteiger partial charge in [-0.15, -0.1) is 0 Å². The third-order valence-corrected chi connectivity index (χ3v) is 4.03. The van der Waals surface area contributed by atoms with Gasteiger partial charge in [-0.1, -0.05) is 26.7 Å². The summed E-state index contributed by atoms with van der Waals surface area (Å²) < 4.78 is 5.43. The Balaban J connectivity index is 2.17. The number of ether oxygens (including phenoxy) is 1. The van der Waals surface area contributed by atoms with Crippen LogP contribution in [0.1, 0.15) is 53.4 Å². The topological polar surface area (TPSA) is 72.0 Å². The highest BCUT2D eigenvalue weighted by Gasteiger charge is 2.32. The minimum absolute atomic E-state index is 0.259. The first-order valence-electron chi connectivity index (χ1n) is 7.94. The molecule has 1 saturated carbocycles. The average molecular weight is 293 g/mol. The molecule has 6 nitrogen and oxygen atoms in total. The lowest BCUT2D eigenvalue weighted by Gasteiger charge is -2.39. The molecule has 1 aromatic rings. The number of anilines is 2. The molecule has 0 bridgehead atoms. The summed E-state index contributed by atoms with van der Waals surface area (Å²) in [6, 6.07) is 0.761. The molecule has 0 amide bonds. The minimum Gasteiger partial charge on any atom is -0.464 e. The van der Waals surface area contributed by atoms with Gasteiger partial charge < -0.3 is 15.4 Å². The number of hydrogen-bond acceptors (Lipinski definition) is 6. The van der Waals surface area contributed by atoms with Gasteiger partial charge in [0.1, 0.15) is 0 Å². The second-order valence-corrected chi connectivity index (χ2v) is 6.16. The first kappa shape index (κ1) is 15.8. The first-order chi connectivity index (χ1) is 10.0. The molecular weight excluding hydrogens is 266 g/mol. The highest BCUT2D eigenvalue weighted by Crippen LogP contribution is 2.36. The van der Waals surface area contributed by atoms with Crippen LogP contribution in [-0.2, 0) is 0 Å². The molecule has 0 aliphatic heterocycles. The van der Waals surface area contributed by atoms with Crippen molar-refractivity contribution in [1.82, 2.24) is 15.0 Å². The van der Waals surface area contributed by atoms with Gasteiger partial charge in [0.25, 0.3) is 0 Å². The fourth-order valence-electron chi connectivity index (χ4n) is 2.77. The summed E-state index contributed by atoms with van der Waals surface area (Å²) >= 11 is 0. The largest absolute Gasteiger partial charge is 0.464 e. The Bertz CT molecular complexity index is 439. The Morgan fingerprint density at radius 1 is 1.14 bits per heavy atom. The van der Waals surface area contributed by atoms with Gasteiger partial charge in [-0.25, -0.2) is 0 Å². The third kappa shape index (κ3) is 4.19. The van der Waals surface area contributed by atoms with Crippen molar-refractivity contribution >= 4 is 11.9 Å². The van der Waals surface area contributed by atoms with Crippen molar-refractivity contribution in [2.24, 2.45) is 5.41 Å². The van der Waals surface area contributed by atoms with E-state index in [1.807, 2.05) is 13.8 Å². The Morgan fingerprint density at radius 2 is 1.90 bits per heavy atom. The molecule has 0 saturated heterocycles. The molecule has 118 valence electrons. The van der Waals surface area contributed by atoms with Gasteiger partial charge >= 0.3 is 6.01 Å². The molecule has 1 aromatic heterocycles. The number of nitrogens with zero attached hydrogens (tertiary/aromatic N) is 3. The van der Waals surface area contributed by atoms with Crippen molar-refractivity contribution in [2.45, 2.75) is 59.4 Å². The molecule has 21 heavy (non-hydrogen) atoms. The van der Waals surface area contributed by atoms with Gasteiger partial charge in [0.05, 0.1) is 6.61 Å². The molecule has 0 spiro atoms. The second-order valence-electron chi connectivity index (χ2n) is 6.16. The summed E-state index contributed by atoms with van der Waals surface area (Å²) in [4.78, 5) is 13.1. The maximum atomic E-state index is 5.43. The van der Waals surface area contributed by atoms with Crippen molar-refractivity contribution < 1.29 is 4.74 Å². The molecule has 6 heteroatoms. The minimum atomic E-state index is 0.259. The van der Waals surface area contributed by atoms with E-state index >= 15 is 0 Å². The molecule has 1 heterocycles. The van der Waals surface area contributed by atoms with Crippen LogP contribution in [0.2, 0.25) is 0 Å². The zero-order valence-electron chi connectivity index (χ0n) is 13.6. The SMILES string of the molecule is CCNc1nc(NC2CCCCC2(C)C)nc(OCC)n1. The highest BCUT2D eigenvalue weighted by atomic mass is 16.5. The summed E-state index contributed by atoms with van der Waals surface area (Å²) in [5.74, 6) is 1.16. The molecule has 1 atom stereocenters. The fourth-order valence-corrected chi connectivity index (χ4v) is 2.77. The molecule has 0 radical (unpaired) electrons. The smallest absolute Gasteiger partial charge is 0.323 e. The van der Waals surface area contributed by atoms with E-state index < -0.39 is 0 Å². The molecule has 1 unspecified atom stereocenters. The molecular formula is C15H27N5O. The van der Waals surface area contributed by atoms with E-state index in [9.17, 15) is 0 Å². The van der Waals surface area contributed by atoms with Crippen molar-refractivity contribution in [1.29, 1.82) is 0 Å². The van der Waals surface area contributed by atoms with Gasteiger partial charge in [0, 0.05) is 12.6 Å². The van der Waals surface area contributed by atoms with Crippen LogP contribution in [0.15, 0.2) is 0 Å². The standard InChI is InChI=1S/C15H27N5O/c1-5-16-12-18-13(20-14(19-12)21-6-2)17-11-9-7-8-10-15(11,3)4/h11H,5-10H2,1-4H3,(H2,16,17,18,19,20). The first-order valence-corrected chi connectivity index (χ1v) is 7.94. The van der Waals surface area contributed by atoms with Crippen molar-refractivity contribution in [2.75, 3.05) is 23.8 Å².